The highest BCUT2D eigenvalue weighted by Crippen LogP contribution is 2.24. The molecule has 1 heterocycles. The van der Waals surface area contributed by atoms with E-state index >= 15 is 0 Å². The van der Waals surface area contributed by atoms with Crippen molar-refractivity contribution in [2.75, 3.05) is 6.54 Å². The van der Waals surface area contributed by atoms with Crippen LogP contribution in [0.3, 0.4) is 0 Å². The van der Waals surface area contributed by atoms with E-state index in [4.69, 9.17) is 10.2 Å². The van der Waals surface area contributed by atoms with Crippen molar-refractivity contribution in [2.45, 2.75) is 19.8 Å². The van der Waals surface area contributed by atoms with Gasteiger partial charge in [0, 0.05) is 12.0 Å². The fourth-order valence-electron chi connectivity index (χ4n) is 1.71. The summed E-state index contributed by atoms with van der Waals surface area (Å²) in [5, 5.41) is 0. The second-order valence-corrected chi connectivity index (χ2v) is 3.97. The number of hydrogen-bond acceptors (Lipinski definition) is 3. The molecule has 90 valence electrons. The zero-order chi connectivity index (χ0) is 12.3. The van der Waals surface area contributed by atoms with E-state index in [0.29, 0.717) is 18.2 Å². The van der Waals surface area contributed by atoms with Gasteiger partial charge in [0.2, 0.25) is 0 Å². The molecule has 0 radical (unpaired) electrons. The van der Waals surface area contributed by atoms with Gasteiger partial charge in [0.25, 0.3) is 0 Å². The molecule has 2 rings (SSSR count). The summed E-state index contributed by atoms with van der Waals surface area (Å²) in [6.45, 7) is 2.47. The summed E-state index contributed by atoms with van der Waals surface area (Å²) in [4.78, 5) is 4.18. The quantitative estimate of drug-likeness (QED) is 0.884. The number of hydrogen-bond donors (Lipinski definition) is 1. The van der Waals surface area contributed by atoms with Gasteiger partial charge in [-0.25, -0.2) is 9.37 Å². The molecule has 1 aromatic carbocycles. The van der Waals surface area contributed by atoms with E-state index in [-0.39, 0.29) is 5.82 Å². The molecule has 2 aromatic rings. The number of oxazole rings is 1. The fourth-order valence-corrected chi connectivity index (χ4v) is 1.71. The van der Waals surface area contributed by atoms with Crippen molar-refractivity contribution in [2.24, 2.45) is 5.73 Å². The average molecular weight is 234 g/mol. The smallest absolute Gasteiger partial charge is 0.194 e. The molecule has 17 heavy (non-hydrogen) atoms. The van der Waals surface area contributed by atoms with E-state index in [1.54, 1.807) is 12.3 Å². The molecule has 0 amide bonds. The van der Waals surface area contributed by atoms with Gasteiger partial charge in [0.15, 0.2) is 11.7 Å². The maximum Gasteiger partial charge on any atom is 0.194 e. The first kappa shape index (κ1) is 11.8. The zero-order valence-corrected chi connectivity index (χ0v) is 9.74. The van der Waals surface area contributed by atoms with Crippen molar-refractivity contribution < 1.29 is 8.81 Å². The Balaban J connectivity index is 2.24. The summed E-state index contributed by atoms with van der Waals surface area (Å²) >= 11 is 0. The second kappa shape index (κ2) is 5.10. The van der Waals surface area contributed by atoms with Gasteiger partial charge in [-0.15, -0.1) is 0 Å². The molecule has 4 heteroatoms. The lowest BCUT2D eigenvalue weighted by Crippen LogP contribution is -2.00. The van der Waals surface area contributed by atoms with Gasteiger partial charge in [-0.2, -0.15) is 0 Å². The largest absolute Gasteiger partial charge is 0.441 e. The molecule has 0 aliphatic heterocycles. The topological polar surface area (TPSA) is 52.0 Å². The van der Waals surface area contributed by atoms with Gasteiger partial charge in [-0.1, -0.05) is 0 Å². The number of halogens is 1. The van der Waals surface area contributed by atoms with E-state index in [1.807, 2.05) is 6.92 Å². The van der Waals surface area contributed by atoms with Crippen LogP contribution in [0.2, 0.25) is 0 Å². The summed E-state index contributed by atoms with van der Waals surface area (Å²) in [5.41, 5.74) is 7.14. The van der Waals surface area contributed by atoms with Crippen molar-refractivity contribution in [3.8, 4) is 11.3 Å². The first-order chi connectivity index (χ1) is 8.20. The molecule has 0 atom stereocenters. The molecule has 0 saturated heterocycles. The monoisotopic (exact) mass is 234 g/mol. The molecule has 3 nitrogen and oxygen atoms in total. The molecule has 1 aromatic heterocycles. The van der Waals surface area contributed by atoms with Gasteiger partial charge >= 0.3 is 0 Å². The van der Waals surface area contributed by atoms with E-state index in [0.717, 1.165) is 24.0 Å². The van der Waals surface area contributed by atoms with Gasteiger partial charge in [0.05, 0.1) is 6.20 Å². The third-order valence-corrected chi connectivity index (χ3v) is 2.60. The summed E-state index contributed by atoms with van der Waals surface area (Å²) in [5.74, 6) is 1.11. The lowest BCUT2D eigenvalue weighted by Gasteiger charge is -2.01. The lowest BCUT2D eigenvalue weighted by molar-refractivity contribution is 0.499. The van der Waals surface area contributed by atoms with E-state index in [1.165, 1.54) is 12.1 Å². The summed E-state index contributed by atoms with van der Waals surface area (Å²) < 4.78 is 18.6. The van der Waals surface area contributed by atoms with Crippen LogP contribution in [0.4, 0.5) is 4.39 Å². The van der Waals surface area contributed by atoms with Crippen molar-refractivity contribution in [3.05, 3.63) is 41.7 Å². The minimum absolute atomic E-state index is 0.242. The molecule has 2 N–H and O–H groups in total. The number of aromatic nitrogens is 1. The Kier molecular flexibility index (Phi) is 3.54. The Labute approximate surface area is 99.5 Å². The minimum atomic E-state index is -0.242. The van der Waals surface area contributed by atoms with Crippen LogP contribution in [0.1, 0.15) is 17.9 Å². The van der Waals surface area contributed by atoms with Crippen LogP contribution in [-0.2, 0) is 6.42 Å². The third kappa shape index (κ3) is 2.71. The molecular formula is C13H15FN2O. The second-order valence-electron chi connectivity index (χ2n) is 3.97. The number of aryl methyl sites for hydroxylation is 2. The predicted molar refractivity (Wildman–Crippen MR) is 64.0 cm³/mol. The van der Waals surface area contributed by atoms with Gasteiger partial charge in [0.1, 0.15) is 5.82 Å². The van der Waals surface area contributed by atoms with Crippen LogP contribution in [0.5, 0.6) is 0 Å². The molecule has 0 unspecified atom stereocenters. The minimum Gasteiger partial charge on any atom is -0.441 e. The number of nitrogens with two attached hydrogens (primary N) is 1. The number of rotatable bonds is 4. The molecule has 0 saturated carbocycles. The maximum absolute atomic E-state index is 13.0. The van der Waals surface area contributed by atoms with Gasteiger partial charge < -0.3 is 10.2 Å². The molecular weight excluding hydrogens is 219 g/mol. The summed E-state index contributed by atoms with van der Waals surface area (Å²) in [7, 11) is 0. The van der Waals surface area contributed by atoms with Crippen LogP contribution in [-0.4, -0.2) is 11.5 Å². The van der Waals surface area contributed by atoms with Crippen LogP contribution in [0, 0.1) is 12.7 Å². The van der Waals surface area contributed by atoms with E-state index < -0.39 is 0 Å². The highest BCUT2D eigenvalue weighted by atomic mass is 19.1. The summed E-state index contributed by atoms with van der Waals surface area (Å²) in [6, 6.07) is 4.61. The van der Waals surface area contributed by atoms with Crippen LogP contribution >= 0.6 is 0 Å². The van der Waals surface area contributed by atoms with Gasteiger partial charge in [-0.3, -0.25) is 0 Å². The average Bonchev–Trinajstić information content (AvgIpc) is 2.75. The third-order valence-electron chi connectivity index (χ3n) is 2.60. The number of benzene rings is 1. The van der Waals surface area contributed by atoms with Gasteiger partial charge in [-0.05, 0) is 43.7 Å². The zero-order valence-electron chi connectivity index (χ0n) is 9.74. The fraction of sp³-hybridized carbons (Fsp3) is 0.308. The van der Waals surface area contributed by atoms with Crippen LogP contribution < -0.4 is 5.73 Å². The highest BCUT2D eigenvalue weighted by molar-refractivity contribution is 5.60. The maximum atomic E-state index is 13.0. The standard InChI is InChI=1S/C13H15FN2O/c1-9-7-10(14)4-5-11(9)12-8-16-13(17-12)3-2-6-15/h4-5,7-8H,2-3,6,15H2,1H3. The first-order valence-electron chi connectivity index (χ1n) is 5.62. The Morgan fingerprint density at radius 3 is 2.94 bits per heavy atom. The Bertz CT molecular complexity index is 508. The summed E-state index contributed by atoms with van der Waals surface area (Å²) in [6.07, 6.45) is 3.26. The van der Waals surface area contributed by atoms with Crippen LogP contribution in [0.15, 0.2) is 28.8 Å². The van der Waals surface area contributed by atoms with Crippen molar-refractivity contribution in [3.63, 3.8) is 0 Å². The highest BCUT2D eigenvalue weighted by Gasteiger charge is 2.09. The van der Waals surface area contributed by atoms with Crippen LogP contribution in [0.25, 0.3) is 11.3 Å². The molecule has 0 fully saturated rings. The normalized spacial score (nSPS) is 10.8. The van der Waals surface area contributed by atoms with E-state index in [9.17, 15) is 4.39 Å². The number of nitrogens with zero attached hydrogens (tertiary/aromatic N) is 1. The first-order valence-corrected chi connectivity index (χ1v) is 5.62. The Morgan fingerprint density at radius 2 is 2.24 bits per heavy atom. The Morgan fingerprint density at radius 1 is 1.41 bits per heavy atom. The van der Waals surface area contributed by atoms with Crippen molar-refractivity contribution >= 4 is 0 Å². The molecule has 0 aliphatic rings. The van der Waals surface area contributed by atoms with E-state index in [2.05, 4.69) is 4.98 Å². The molecule has 0 bridgehead atoms. The lowest BCUT2D eigenvalue weighted by atomic mass is 10.1. The molecule has 0 spiro atoms. The van der Waals surface area contributed by atoms with Crippen molar-refractivity contribution in [1.29, 1.82) is 0 Å². The van der Waals surface area contributed by atoms with Crippen molar-refractivity contribution in [1.82, 2.24) is 4.98 Å². The molecule has 0 aliphatic carbocycles. The SMILES string of the molecule is Cc1cc(F)ccc1-c1cnc(CCCN)o1. The Hall–Kier alpha value is -1.68. The predicted octanol–water partition coefficient (Wildman–Crippen LogP) is 2.68.